The molecule has 0 spiro atoms. The maximum absolute atomic E-state index is 8.96. The molecule has 0 saturated heterocycles. The first-order valence-corrected chi connectivity index (χ1v) is 3.78. The second-order valence-corrected chi connectivity index (χ2v) is 3.61. The van der Waals surface area contributed by atoms with Crippen LogP contribution in [0.1, 0.15) is 27.2 Å². The van der Waals surface area contributed by atoms with Gasteiger partial charge in [0.25, 0.3) is 0 Å². The summed E-state index contributed by atoms with van der Waals surface area (Å²) in [6.45, 7) is 10.2. The highest BCUT2D eigenvalue weighted by molar-refractivity contribution is 4.91. The summed E-state index contributed by atoms with van der Waals surface area (Å²) in [6.07, 6.45) is 2.85. The van der Waals surface area contributed by atoms with Crippen molar-refractivity contribution in [3.63, 3.8) is 0 Å². The van der Waals surface area contributed by atoms with Crippen molar-refractivity contribution in [2.45, 2.75) is 27.2 Å². The topological polar surface area (TPSA) is 20.2 Å². The zero-order chi connectivity index (χ0) is 8.20. The molecule has 1 atom stereocenters. The number of aliphatic hydroxyl groups is 1. The van der Waals surface area contributed by atoms with E-state index in [-0.39, 0.29) is 12.0 Å². The van der Waals surface area contributed by atoms with E-state index < -0.39 is 0 Å². The molecule has 1 heteroatoms. The minimum Gasteiger partial charge on any atom is -0.395 e. The van der Waals surface area contributed by atoms with Crippen molar-refractivity contribution in [3.05, 3.63) is 12.7 Å². The summed E-state index contributed by atoms with van der Waals surface area (Å²) >= 11 is 0. The van der Waals surface area contributed by atoms with Gasteiger partial charge >= 0.3 is 0 Å². The van der Waals surface area contributed by atoms with E-state index in [4.69, 9.17) is 5.11 Å². The van der Waals surface area contributed by atoms with Crippen molar-refractivity contribution < 1.29 is 5.11 Å². The Balaban J connectivity index is 3.92. The quantitative estimate of drug-likeness (QED) is 0.597. The van der Waals surface area contributed by atoms with E-state index >= 15 is 0 Å². The van der Waals surface area contributed by atoms with Crippen molar-refractivity contribution in [2.24, 2.45) is 11.3 Å². The van der Waals surface area contributed by atoms with Crippen LogP contribution in [-0.2, 0) is 0 Å². The van der Waals surface area contributed by atoms with Crippen LogP contribution < -0.4 is 0 Å². The largest absolute Gasteiger partial charge is 0.395 e. The molecule has 0 amide bonds. The smallest absolute Gasteiger partial charge is 0.0519 e. The van der Waals surface area contributed by atoms with Gasteiger partial charge < -0.3 is 5.11 Å². The Bertz CT molecular complexity index is 107. The molecule has 0 aliphatic rings. The molecule has 1 N–H and O–H groups in total. The second-order valence-electron chi connectivity index (χ2n) is 3.61. The van der Waals surface area contributed by atoms with E-state index in [1.165, 1.54) is 0 Å². The molecule has 10 heavy (non-hydrogen) atoms. The van der Waals surface area contributed by atoms with Gasteiger partial charge in [-0.1, -0.05) is 26.8 Å². The van der Waals surface area contributed by atoms with Gasteiger partial charge in [-0.2, -0.15) is 0 Å². The fraction of sp³-hybridized carbons (Fsp3) is 0.778. The lowest BCUT2D eigenvalue weighted by Gasteiger charge is -2.24. The molecule has 0 aliphatic carbocycles. The van der Waals surface area contributed by atoms with Crippen molar-refractivity contribution in [2.75, 3.05) is 6.61 Å². The van der Waals surface area contributed by atoms with Crippen molar-refractivity contribution in [1.29, 1.82) is 0 Å². The van der Waals surface area contributed by atoms with E-state index in [2.05, 4.69) is 20.4 Å². The van der Waals surface area contributed by atoms with Gasteiger partial charge in [-0.05, 0) is 12.3 Å². The van der Waals surface area contributed by atoms with Gasteiger partial charge in [-0.25, -0.2) is 0 Å². The van der Waals surface area contributed by atoms with Gasteiger partial charge in [0.15, 0.2) is 0 Å². The summed E-state index contributed by atoms with van der Waals surface area (Å²) in [5, 5.41) is 8.96. The Hall–Kier alpha value is -0.300. The minimum atomic E-state index is -0.0752. The predicted octanol–water partition coefficient (Wildman–Crippen LogP) is 2.22. The zero-order valence-electron chi connectivity index (χ0n) is 7.22. The number of rotatable bonds is 4. The number of hydrogen-bond acceptors (Lipinski definition) is 1. The summed E-state index contributed by atoms with van der Waals surface area (Å²) in [7, 11) is 0. The molecule has 0 aromatic rings. The first kappa shape index (κ1) is 9.70. The first-order chi connectivity index (χ1) is 4.54. The second kappa shape index (κ2) is 3.77. The van der Waals surface area contributed by atoms with Crippen molar-refractivity contribution in [1.82, 2.24) is 0 Å². The summed E-state index contributed by atoms with van der Waals surface area (Å²) in [5.74, 6) is 0.621. The van der Waals surface area contributed by atoms with Crippen LogP contribution in [0.15, 0.2) is 12.7 Å². The SMILES string of the molecule is C=CC(C)(CO)CC(C)C. The molecule has 0 saturated carbocycles. The highest BCUT2D eigenvalue weighted by atomic mass is 16.3. The summed E-state index contributed by atoms with van der Waals surface area (Å²) < 4.78 is 0. The molecule has 0 aliphatic heterocycles. The predicted molar refractivity (Wildman–Crippen MR) is 44.8 cm³/mol. The molecule has 1 nitrogen and oxygen atoms in total. The van der Waals surface area contributed by atoms with Crippen LogP contribution in [0.2, 0.25) is 0 Å². The van der Waals surface area contributed by atoms with Gasteiger partial charge in [0.1, 0.15) is 0 Å². The third-order valence-corrected chi connectivity index (χ3v) is 1.73. The Morgan fingerprint density at radius 2 is 2.10 bits per heavy atom. The fourth-order valence-electron chi connectivity index (χ4n) is 1.15. The summed E-state index contributed by atoms with van der Waals surface area (Å²) in [5.41, 5.74) is -0.0752. The zero-order valence-corrected chi connectivity index (χ0v) is 7.22. The van der Waals surface area contributed by atoms with Gasteiger partial charge in [0.05, 0.1) is 6.61 Å². The fourth-order valence-corrected chi connectivity index (χ4v) is 1.15. The maximum Gasteiger partial charge on any atom is 0.0519 e. The molecule has 0 rings (SSSR count). The lowest BCUT2D eigenvalue weighted by Crippen LogP contribution is -2.20. The first-order valence-electron chi connectivity index (χ1n) is 3.78. The van der Waals surface area contributed by atoms with Gasteiger partial charge in [-0.3, -0.25) is 0 Å². The molecular weight excluding hydrogens is 124 g/mol. The van der Waals surface area contributed by atoms with E-state index in [0.717, 1.165) is 6.42 Å². The molecule has 0 fully saturated rings. The van der Waals surface area contributed by atoms with Crippen LogP contribution in [0.5, 0.6) is 0 Å². The molecule has 0 bridgehead atoms. The molecule has 0 aromatic heterocycles. The van der Waals surface area contributed by atoms with Crippen LogP contribution in [0.3, 0.4) is 0 Å². The molecular formula is C9H18O. The monoisotopic (exact) mass is 142 g/mol. The third kappa shape index (κ3) is 3.02. The van der Waals surface area contributed by atoms with E-state index in [1.54, 1.807) is 0 Å². The normalized spacial score (nSPS) is 16.9. The molecule has 0 aromatic carbocycles. The minimum absolute atomic E-state index is 0.0752. The van der Waals surface area contributed by atoms with Gasteiger partial charge in [-0.15, -0.1) is 6.58 Å². The van der Waals surface area contributed by atoms with E-state index in [9.17, 15) is 0 Å². The van der Waals surface area contributed by atoms with Gasteiger partial charge in [0, 0.05) is 5.41 Å². The van der Waals surface area contributed by atoms with Crippen LogP contribution in [0.25, 0.3) is 0 Å². The standard InChI is InChI=1S/C9H18O/c1-5-9(4,7-10)6-8(2)3/h5,8,10H,1,6-7H2,2-4H3. The molecule has 60 valence electrons. The van der Waals surface area contributed by atoms with Crippen LogP contribution >= 0.6 is 0 Å². The van der Waals surface area contributed by atoms with Crippen molar-refractivity contribution in [3.8, 4) is 0 Å². The summed E-state index contributed by atoms with van der Waals surface area (Å²) in [4.78, 5) is 0. The van der Waals surface area contributed by atoms with Crippen LogP contribution in [0.4, 0.5) is 0 Å². The number of aliphatic hydroxyl groups excluding tert-OH is 1. The average molecular weight is 142 g/mol. The average Bonchev–Trinajstić information content (AvgIpc) is 1.87. The van der Waals surface area contributed by atoms with E-state index in [0.29, 0.717) is 5.92 Å². The highest BCUT2D eigenvalue weighted by Crippen LogP contribution is 2.25. The van der Waals surface area contributed by atoms with E-state index in [1.807, 2.05) is 13.0 Å². The van der Waals surface area contributed by atoms with Crippen LogP contribution in [-0.4, -0.2) is 11.7 Å². The summed E-state index contributed by atoms with van der Waals surface area (Å²) in [6, 6.07) is 0. The Morgan fingerprint density at radius 1 is 1.60 bits per heavy atom. The van der Waals surface area contributed by atoms with Crippen molar-refractivity contribution >= 4 is 0 Å². The molecule has 0 heterocycles. The Morgan fingerprint density at radius 3 is 2.20 bits per heavy atom. The van der Waals surface area contributed by atoms with Crippen LogP contribution in [0, 0.1) is 11.3 Å². The Kier molecular flexibility index (Phi) is 3.66. The van der Waals surface area contributed by atoms with Gasteiger partial charge in [0.2, 0.25) is 0 Å². The molecule has 0 radical (unpaired) electrons. The maximum atomic E-state index is 8.96. The third-order valence-electron chi connectivity index (χ3n) is 1.73. The number of hydrogen-bond donors (Lipinski definition) is 1. The highest BCUT2D eigenvalue weighted by Gasteiger charge is 2.19. The lowest BCUT2D eigenvalue weighted by atomic mass is 9.83. The lowest BCUT2D eigenvalue weighted by molar-refractivity contribution is 0.161. The Labute approximate surface area is 63.8 Å². The molecule has 1 unspecified atom stereocenters.